The summed E-state index contributed by atoms with van der Waals surface area (Å²) in [4.78, 5) is 40.9. The lowest BCUT2D eigenvalue weighted by atomic mass is 10.1. The molecule has 0 aliphatic carbocycles. The number of nitrogens with one attached hydrogen (secondary N) is 2. The number of anilines is 3. The minimum atomic E-state index is -5.08. The van der Waals surface area contributed by atoms with E-state index in [2.05, 4.69) is 25.6 Å². The molecule has 1 aliphatic heterocycles. The second-order valence-corrected chi connectivity index (χ2v) is 9.73. The number of aliphatic carboxylic acids is 1. The lowest BCUT2D eigenvalue weighted by molar-refractivity contribution is -0.192. The molecule has 5 rings (SSSR count). The van der Waals surface area contributed by atoms with Crippen LogP contribution in [0.5, 0.6) is 0 Å². The molecule has 11 nitrogen and oxygen atoms in total. The predicted molar refractivity (Wildman–Crippen MR) is 156 cm³/mol. The average molecular weight is 611 g/mol. The van der Waals surface area contributed by atoms with E-state index in [0.29, 0.717) is 35.8 Å². The van der Waals surface area contributed by atoms with Crippen LogP contribution >= 0.6 is 0 Å². The fourth-order valence-electron chi connectivity index (χ4n) is 4.20. The van der Waals surface area contributed by atoms with Gasteiger partial charge in [-0.3, -0.25) is 14.6 Å². The van der Waals surface area contributed by atoms with Gasteiger partial charge >= 0.3 is 12.1 Å². The summed E-state index contributed by atoms with van der Waals surface area (Å²) < 4.78 is 38.9. The van der Waals surface area contributed by atoms with E-state index < -0.39 is 12.1 Å². The van der Waals surface area contributed by atoms with E-state index in [9.17, 15) is 22.8 Å². The van der Waals surface area contributed by atoms with Crippen molar-refractivity contribution < 1.29 is 37.4 Å². The van der Waals surface area contributed by atoms with Gasteiger partial charge in [-0.15, -0.1) is 0 Å². The molecule has 0 unspecified atom stereocenters. The van der Waals surface area contributed by atoms with E-state index >= 15 is 0 Å². The fraction of sp³-hybridized carbons (Fsp3) is 0.233. The first-order valence-electron chi connectivity index (χ1n) is 13.4. The number of carbonyl (C=O) groups is 3. The number of amides is 2. The molecule has 3 N–H and O–H groups in total. The van der Waals surface area contributed by atoms with Crippen LogP contribution in [0.15, 0.2) is 79.4 Å². The third kappa shape index (κ3) is 9.13. The minimum Gasteiger partial charge on any atom is -0.475 e. The lowest BCUT2D eigenvalue weighted by Gasteiger charge is -2.29. The molecule has 230 valence electrons. The summed E-state index contributed by atoms with van der Waals surface area (Å²) in [6.45, 7) is 4.63. The van der Waals surface area contributed by atoms with Crippen LogP contribution in [0.25, 0.3) is 5.69 Å². The zero-order chi connectivity index (χ0) is 31.7. The molecule has 0 atom stereocenters. The van der Waals surface area contributed by atoms with Gasteiger partial charge in [0.05, 0.1) is 55.3 Å². The van der Waals surface area contributed by atoms with Gasteiger partial charge in [-0.1, -0.05) is 30.3 Å². The van der Waals surface area contributed by atoms with Gasteiger partial charge in [0.1, 0.15) is 0 Å². The van der Waals surface area contributed by atoms with Gasteiger partial charge in [0.2, 0.25) is 5.91 Å². The molecule has 14 heteroatoms. The van der Waals surface area contributed by atoms with E-state index in [1.54, 1.807) is 35.5 Å². The van der Waals surface area contributed by atoms with Crippen LogP contribution in [0.2, 0.25) is 0 Å². The molecule has 0 radical (unpaired) electrons. The summed E-state index contributed by atoms with van der Waals surface area (Å²) in [6.07, 6.45) is 1.89. The van der Waals surface area contributed by atoms with Gasteiger partial charge < -0.3 is 25.4 Å². The van der Waals surface area contributed by atoms with Crippen molar-refractivity contribution in [3.8, 4) is 5.69 Å². The number of aromatic nitrogens is 3. The highest BCUT2D eigenvalue weighted by Gasteiger charge is 2.38. The van der Waals surface area contributed by atoms with Crippen LogP contribution in [0.3, 0.4) is 0 Å². The predicted octanol–water partition coefficient (Wildman–Crippen LogP) is 4.48. The van der Waals surface area contributed by atoms with Crippen LogP contribution < -0.4 is 15.5 Å². The van der Waals surface area contributed by atoms with Crippen LogP contribution in [-0.4, -0.2) is 70.1 Å². The van der Waals surface area contributed by atoms with Gasteiger partial charge in [0.15, 0.2) is 0 Å². The van der Waals surface area contributed by atoms with Crippen molar-refractivity contribution in [3.63, 3.8) is 0 Å². The fourth-order valence-corrected chi connectivity index (χ4v) is 4.20. The van der Waals surface area contributed by atoms with Crippen molar-refractivity contribution in [2.75, 3.05) is 41.8 Å². The van der Waals surface area contributed by atoms with Crippen molar-refractivity contribution in [3.05, 3.63) is 96.1 Å². The van der Waals surface area contributed by atoms with E-state index in [1.165, 1.54) is 0 Å². The van der Waals surface area contributed by atoms with Crippen LogP contribution in [0.1, 0.15) is 21.5 Å². The largest absolute Gasteiger partial charge is 0.490 e. The van der Waals surface area contributed by atoms with Crippen molar-refractivity contribution in [1.82, 2.24) is 14.8 Å². The topological polar surface area (TPSA) is 139 Å². The standard InChI is InChI=1S/C28H28N6O3.C2HF3O2/c1-20-11-23(17-29-16-20)32-28(36)22-13-25(33-7-9-37-10-8-33)15-26(14-22)34-19-24(18-30-34)31-27(35)12-21-5-3-2-4-6-21;3-2(4,5)1(6)7/h2-6,11,13-19H,7-10,12H2,1H3,(H,31,35)(H,32,36);(H,6,7). The Balaban J connectivity index is 0.000000566. The van der Waals surface area contributed by atoms with Crippen molar-refractivity contribution in [2.45, 2.75) is 19.5 Å². The Morgan fingerprint density at radius 3 is 2.27 bits per heavy atom. The number of aryl methyl sites for hydroxylation is 1. The highest BCUT2D eigenvalue weighted by Crippen LogP contribution is 2.25. The molecule has 4 aromatic rings. The molecule has 44 heavy (non-hydrogen) atoms. The van der Waals surface area contributed by atoms with E-state index in [4.69, 9.17) is 14.6 Å². The normalized spacial score (nSPS) is 13.0. The number of carbonyl (C=O) groups excluding carboxylic acids is 2. The van der Waals surface area contributed by atoms with Gasteiger partial charge in [0.25, 0.3) is 5.91 Å². The zero-order valence-corrected chi connectivity index (χ0v) is 23.5. The molecule has 2 aromatic carbocycles. The van der Waals surface area contributed by atoms with Crippen LogP contribution in [0, 0.1) is 6.92 Å². The van der Waals surface area contributed by atoms with Gasteiger partial charge in [-0.05, 0) is 42.3 Å². The number of carboxylic acid groups (broad SMARTS) is 1. The number of pyridine rings is 1. The number of halogens is 3. The van der Waals surface area contributed by atoms with Gasteiger partial charge in [-0.2, -0.15) is 18.3 Å². The van der Waals surface area contributed by atoms with Gasteiger partial charge in [0, 0.05) is 30.5 Å². The lowest BCUT2D eigenvalue weighted by Crippen LogP contribution is -2.36. The maximum Gasteiger partial charge on any atom is 0.490 e. The molecule has 2 aromatic heterocycles. The summed E-state index contributed by atoms with van der Waals surface area (Å²) >= 11 is 0. The first-order valence-corrected chi connectivity index (χ1v) is 13.4. The molecular weight excluding hydrogens is 581 g/mol. The number of rotatable bonds is 7. The summed E-state index contributed by atoms with van der Waals surface area (Å²) in [5.41, 5.74) is 5.20. The maximum absolute atomic E-state index is 13.2. The molecule has 0 bridgehead atoms. The molecule has 0 spiro atoms. The summed E-state index contributed by atoms with van der Waals surface area (Å²) in [7, 11) is 0. The molecule has 1 aliphatic rings. The number of hydrogen-bond donors (Lipinski definition) is 3. The summed E-state index contributed by atoms with van der Waals surface area (Å²) in [6, 6.07) is 17.1. The van der Waals surface area contributed by atoms with E-state index in [0.717, 1.165) is 29.9 Å². The number of morpholine rings is 1. The number of carboxylic acids is 1. The average Bonchev–Trinajstić information content (AvgIpc) is 3.46. The summed E-state index contributed by atoms with van der Waals surface area (Å²) in [5.74, 6) is -3.13. The highest BCUT2D eigenvalue weighted by molar-refractivity contribution is 6.05. The van der Waals surface area contributed by atoms with Gasteiger partial charge in [-0.25, -0.2) is 9.48 Å². The first-order chi connectivity index (χ1) is 21.0. The van der Waals surface area contributed by atoms with Crippen LogP contribution in [-0.2, 0) is 20.7 Å². The Kier molecular flexibility index (Phi) is 10.3. The molecular formula is C30H29F3N6O5. The Morgan fingerprint density at radius 2 is 1.61 bits per heavy atom. The van der Waals surface area contributed by atoms with E-state index in [1.807, 2.05) is 55.5 Å². The Labute approximate surface area is 250 Å². The van der Waals surface area contributed by atoms with Crippen molar-refractivity contribution in [1.29, 1.82) is 0 Å². The Hall–Kier alpha value is -5.24. The smallest absolute Gasteiger partial charge is 0.475 e. The number of ether oxygens (including phenoxy) is 1. The quantitative estimate of drug-likeness (QED) is 0.279. The second kappa shape index (κ2) is 14.3. The second-order valence-electron chi connectivity index (χ2n) is 9.73. The zero-order valence-electron chi connectivity index (χ0n) is 23.5. The molecule has 3 heterocycles. The number of alkyl halides is 3. The van der Waals surface area contributed by atoms with Crippen LogP contribution in [0.4, 0.5) is 30.2 Å². The van der Waals surface area contributed by atoms with Crippen molar-refractivity contribution >= 4 is 34.8 Å². The number of nitrogens with zero attached hydrogens (tertiary/aromatic N) is 4. The number of hydrogen-bond acceptors (Lipinski definition) is 7. The third-order valence-electron chi connectivity index (χ3n) is 6.25. The Bertz CT molecular complexity index is 1600. The molecule has 0 saturated carbocycles. The molecule has 1 saturated heterocycles. The third-order valence-corrected chi connectivity index (χ3v) is 6.25. The maximum atomic E-state index is 13.2. The first kappa shape index (κ1) is 31.7. The van der Waals surface area contributed by atoms with Crippen molar-refractivity contribution in [2.24, 2.45) is 0 Å². The monoisotopic (exact) mass is 610 g/mol. The molecule has 2 amide bonds. The Morgan fingerprint density at radius 1 is 0.932 bits per heavy atom. The molecule has 1 fully saturated rings. The summed E-state index contributed by atoms with van der Waals surface area (Å²) in [5, 5.41) is 17.4. The highest BCUT2D eigenvalue weighted by atomic mass is 19.4. The minimum absolute atomic E-state index is 0.125. The SMILES string of the molecule is Cc1cncc(NC(=O)c2cc(N3CCOCC3)cc(-n3cc(NC(=O)Cc4ccccc4)cn3)c2)c1.O=C(O)C(F)(F)F. The number of benzene rings is 2. The van der Waals surface area contributed by atoms with E-state index in [-0.39, 0.29) is 18.2 Å².